The third-order valence-electron chi connectivity index (χ3n) is 5.76. The van der Waals surface area contributed by atoms with Gasteiger partial charge in [0, 0.05) is 29.9 Å². The van der Waals surface area contributed by atoms with Crippen molar-refractivity contribution in [2.24, 2.45) is 11.7 Å². The number of nitrogens with zero attached hydrogens (tertiary/aromatic N) is 2. The highest BCUT2D eigenvalue weighted by Gasteiger charge is 2.40. The number of primary amides is 1. The molecule has 184 valence electrons. The molecule has 4 rings (SSSR count). The van der Waals surface area contributed by atoms with Crippen molar-refractivity contribution in [3.63, 3.8) is 0 Å². The van der Waals surface area contributed by atoms with Gasteiger partial charge in [0.25, 0.3) is 0 Å². The minimum absolute atomic E-state index is 0.0979. The lowest BCUT2D eigenvalue weighted by molar-refractivity contribution is -0.274. The maximum atomic E-state index is 13.1. The van der Waals surface area contributed by atoms with E-state index in [2.05, 4.69) is 15.4 Å². The molecule has 1 fully saturated rings. The second kappa shape index (κ2) is 9.20. The Balaban J connectivity index is 1.52. The van der Waals surface area contributed by atoms with Crippen LogP contribution in [0.4, 0.5) is 34.1 Å². The molecule has 4 N–H and O–H groups in total. The number of nitrogens with one attached hydrogen (secondary N) is 2. The van der Waals surface area contributed by atoms with Crippen LogP contribution in [0.5, 0.6) is 5.75 Å². The molecule has 2 atom stereocenters. The van der Waals surface area contributed by atoms with Crippen LogP contribution in [0.2, 0.25) is 0 Å². The van der Waals surface area contributed by atoms with E-state index in [0.717, 1.165) is 12.1 Å². The molecule has 0 saturated carbocycles. The standard InChI is InChI=1S/C23H22F3N5O4/c1-13-9-10-30(19(13)20(32)28-14-5-4-6-15(11-14)35-23(24,25)26)22(34)29-17-12-31(21(27)33)18-8-3-2-7-16(17)18/h2-8,11-13,19H,9-10H2,1H3,(H2,27,33)(H,28,32)(H,29,34)/t13-,19-/m0/s1. The van der Waals surface area contributed by atoms with Gasteiger partial charge in [-0.15, -0.1) is 13.2 Å². The second-order valence-corrected chi connectivity index (χ2v) is 8.17. The highest BCUT2D eigenvalue weighted by Crippen LogP contribution is 2.30. The number of hydrogen-bond donors (Lipinski definition) is 3. The number of urea groups is 1. The van der Waals surface area contributed by atoms with Crippen LogP contribution in [0.3, 0.4) is 0 Å². The Kier molecular flexibility index (Phi) is 6.29. The molecule has 3 aromatic rings. The lowest BCUT2D eigenvalue weighted by atomic mass is 10.0. The molecule has 2 heterocycles. The number of hydrogen-bond acceptors (Lipinski definition) is 4. The average molecular weight is 489 g/mol. The van der Waals surface area contributed by atoms with Gasteiger partial charge in [-0.25, -0.2) is 9.59 Å². The van der Waals surface area contributed by atoms with Crippen molar-refractivity contribution in [2.75, 3.05) is 17.2 Å². The number of anilines is 2. The SMILES string of the molecule is C[C@H]1CCN(C(=O)Nc2cn(C(N)=O)c3ccccc23)[C@@H]1C(=O)Nc1cccc(OC(F)(F)F)c1. The van der Waals surface area contributed by atoms with Crippen molar-refractivity contribution in [1.82, 2.24) is 9.47 Å². The van der Waals surface area contributed by atoms with Crippen molar-refractivity contribution in [2.45, 2.75) is 25.7 Å². The Morgan fingerprint density at radius 2 is 1.83 bits per heavy atom. The largest absolute Gasteiger partial charge is 0.573 e. The summed E-state index contributed by atoms with van der Waals surface area (Å²) < 4.78 is 42.6. The summed E-state index contributed by atoms with van der Waals surface area (Å²) in [5, 5.41) is 5.90. The first-order valence-corrected chi connectivity index (χ1v) is 10.7. The first-order valence-electron chi connectivity index (χ1n) is 10.7. The molecule has 1 aromatic heterocycles. The molecule has 4 amide bonds. The number of benzene rings is 2. The van der Waals surface area contributed by atoms with Crippen LogP contribution in [0.25, 0.3) is 10.9 Å². The fourth-order valence-corrected chi connectivity index (χ4v) is 4.21. The average Bonchev–Trinajstić information content (AvgIpc) is 3.34. The topological polar surface area (TPSA) is 119 Å². The zero-order chi connectivity index (χ0) is 25.3. The molecule has 0 spiro atoms. The number of amides is 4. The molecule has 9 nitrogen and oxygen atoms in total. The van der Waals surface area contributed by atoms with Crippen LogP contribution in [-0.4, -0.2) is 46.4 Å². The second-order valence-electron chi connectivity index (χ2n) is 8.17. The van der Waals surface area contributed by atoms with Crippen LogP contribution in [0.1, 0.15) is 13.3 Å². The maximum absolute atomic E-state index is 13.1. The van der Waals surface area contributed by atoms with Gasteiger partial charge in [0.1, 0.15) is 11.8 Å². The summed E-state index contributed by atoms with van der Waals surface area (Å²) >= 11 is 0. The number of alkyl halides is 3. The number of likely N-dealkylation sites (tertiary alicyclic amines) is 1. The molecule has 12 heteroatoms. The minimum atomic E-state index is -4.87. The van der Waals surface area contributed by atoms with E-state index in [0.29, 0.717) is 23.0 Å². The van der Waals surface area contributed by atoms with Crippen molar-refractivity contribution in [3.8, 4) is 5.75 Å². The van der Waals surface area contributed by atoms with E-state index in [4.69, 9.17) is 5.73 Å². The molecule has 0 aliphatic carbocycles. The van der Waals surface area contributed by atoms with Gasteiger partial charge in [-0.05, 0) is 30.5 Å². The first-order chi connectivity index (χ1) is 16.5. The monoisotopic (exact) mass is 489 g/mol. The van der Waals surface area contributed by atoms with Gasteiger partial charge in [-0.3, -0.25) is 9.36 Å². The number of ether oxygens (including phenoxy) is 1. The molecule has 0 radical (unpaired) electrons. The summed E-state index contributed by atoms with van der Waals surface area (Å²) in [6.45, 7) is 2.09. The van der Waals surface area contributed by atoms with Gasteiger partial charge < -0.3 is 26.0 Å². The molecule has 0 bridgehead atoms. The molecule has 1 aliphatic heterocycles. The molecule has 35 heavy (non-hydrogen) atoms. The third-order valence-corrected chi connectivity index (χ3v) is 5.76. The fourth-order valence-electron chi connectivity index (χ4n) is 4.21. The number of para-hydroxylation sites is 1. The van der Waals surface area contributed by atoms with Gasteiger partial charge in [0.15, 0.2) is 0 Å². The van der Waals surface area contributed by atoms with E-state index >= 15 is 0 Å². The van der Waals surface area contributed by atoms with E-state index in [1.807, 2.05) is 0 Å². The van der Waals surface area contributed by atoms with Crippen molar-refractivity contribution >= 4 is 40.2 Å². The Hall–Kier alpha value is -4.22. The Labute approximate surface area is 197 Å². The van der Waals surface area contributed by atoms with E-state index in [9.17, 15) is 27.6 Å². The van der Waals surface area contributed by atoms with Crippen LogP contribution in [0.15, 0.2) is 54.7 Å². The van der Waals surface area contributed by atoms with E-state index in [1.54, 1.807) is 31.2 Å². The van der Waals surface area contributed by atoms with Gasteiger partial charge in [-0.2, -0.15) is 0 Å². The van der Waals surface area contributed by atoms with Gasteiger partial charge in [0.2, 0.25) is 5.91 Å². The molecular weight excluding hydrogens is 467 g/mol. The Morgan fingerprint density at radius 1 is 1.09 bits per heavy atom. The third kappa shape index (κ3) is 5.15. The zero-order valence-corrected chi connectivity index (χ0v) is 18.5. The predicted octanol–water partition coefficient (Wildman–Crippen LogP) is 4.35. The summed E-state index contributed by atoms with van der Waals surface area (Å²) in [6, 6.07) is 9.62. The van der Waals surface area contributed by atoms with Crippen LogP contribution >= 0.6 is 0 Å². The van der Waals surface area contributed by atoms with Crippen LogP contribution < -0.4 is 21.1 Å². The highest BCUT2D eigenvalue weighted by molar-refractivity contribution is 6.06. The lowest BCUT2D eigenvalue weighted by Gasteiger charge is -2.26. The van der Waals surface area contributed by atoms with E-state index < -0.39 is 36.1 Å². The van der Waals surface area contributed by atoms with Crippen LogP contribution in [0, 0.1) is 5.92 Å². The van der Waals surface area contributed by atoms with E-state index in [1.165, 1.54) is 27.8 Å². The number of fused-ring (bicyclic) bond motifs is 1. The summed E-state index contributed by atoms with van der Waals surface area (Å²) in [7, 11) is 0. The van der Waals surface area contributed by atoms with Crippen molar-refractivity contribution in [3.05, 3.63) is 54.7 Å². The maximum Gasteiger partial charge on any atom is 0.573 e. The number of rotatable bonds is 4. The summed E-state index contributed by atoms with van der Waals surface area (Å²) in [5.41, 5.74) is 6.38. The smallest absolute Gasteiger partial charge is 0.406 e. The quantitative estimate of drug-likeness (QED) is 0.505. The van der Waals surface area contributed by atoms with Crippen LogP contribution in [-0.2, 0) is 4.79 Å². The fraction of sp³-hybridized carbons (Fsp3) is 0.261. The number of carbonyl (C=O) groups is 3. The Bertz CT molecular complexity index is 1290. The highest BCUT2D eigenvalue weighted by atomic mass is 19.4. The number of aromatic nitrogens is 1. The number of nitrogens with two attached hydrogens (primary N) is 1. The first kappa shape index (κ1) is 23.9. The zero-order valence-electron chi connectivity index (χ0n) is 18.5. The number of carbonyl (C=O) groups excluding carboxylic acids is 3. The molecular formula is C23H22F3N5O4. The molecule has 1 aliphatic rings. The lowest BCUT2D eigenvalue weighted by Crippen LogP contribution is -2.47. The van der Waals surface area contributed by atoms with Gasteiger partial charge >= 0.3 is 18.4 Å². The van der Waals surface area contributed by atoms with Gasteiger partial charge in [0.05, 0.1) is 11.2 Å². The van der Waals surface area contributed by atoms with Crippen molar-refractivity contribution in [1.29, 1.82) is 0 Å². The van der Waals surface area contributed by atoms with Gasteiger partial charge in [-0.1, -0.05) is 31.2 Å². The van der Waals surface area contributed by atoms with Crippen molar-refractivity contribution < 1.29 is 32.3 Å². The molecule has 0 unspecified atom stereocenters. The van der Waals surface area contributed by atoms with E-state index in [-0.39, 0.29) is 18.2 Å². The molecule has 1 saturated heterocycles. The Morgan fingerprint density at radius 3 is 2.54 bits per heavy atom. The summed E-state index contributed by atoms with van der Waals surface area (Å²) in [6.07, 6.45) is -2.91. The minimum Gasteiger partial charge on any atom is -0.406 e. The predicted molar refractivity (Wildman–Crippen MR) is 122 cm³/mol. The summed E-state index contributed by atoms with van der Waals surface area (Å²) in [4.78, 5) is 39.3. The summed E-state index contributed by atoms with van der Waals surface area (Å²) in [5.74, 6) is -1.23. The normalized spacial score (nSPS) is 17.9. The number of halogens is 3. The molecule has 2 aromatic carbocycles.